The Morgan fingerprint density at radius 1 is 0.337 bits per heavy atom. The van der Waals surface area contributed by atoms with E-state index < -0.39 is 97.5 Å². The van der Waals surface area contributed by atoms with Gasteiger partial charge in [-0.3, -0.25) is 37.3 Å². The molecule has 0 saturated heterocycles. The van der Waals surface area contributed by atoms with E-state index in [1.165, 1.54) is 154 Å². The first-order valence-corrected chi connectivity index (χ1v) is 40.4. The number of rotatable bonds is 71. The van der Waals surface area contributed by atoms with Crippen molar-refractivity contribution in [1.82, 2.24) is 0 Å². The number of ether oxygens (including phenoxy) is 4. The topological polar surface area (TPSA) is 237 Å². The van der Waals surface area contributed by atoms with Crippen molar-refractivity contribution in [3.05, 3.63) is 24.3 Å². The molecule has 92 heavy (non-hydrogen) atoms. The number of hydrogen-bond donors (Lipinski definition) is 3. The summed E-state index contributed by atoms with van der Waals surface area (Å²) in [7, 11) is -9.91. The third-order valence-electron chi connectivity index (χ3n) is 16.4. The Balaban J connectivity index is 5.27. The van der Waals surface area contributed by atoms with Crippen molar-refractivity contribution in [2.45, 2.75) is 374 Å². The van der Waals surface area contributed by atoms with Crippen LogP contribution in [0.3, 0.4) is 0 Å². The normalized spacial score (nSPS) is 14.2. The number of hydrogen-bond acceptors (Lipinski definition) is 15. The molecule has 19 heteroatoms. The van der Waals surface area contributed by atoms with Crippen LogP contribution >= 0.6 is 15.6 Å². The SMILES string of the molecule is CCCCCC/C=C\C=C/CCCCCCCC(=O)OC[C@H](COP(=O)(O)OC[C@@H](O)COP(=O)(O)OC[C@@H](COC(=O)CCCCCCCCC(C)C)OC(=O)CCCCCCCCCCCCCC)OC(=O)CCCCCCCCCCCCCCCCCC. The van der Waals surface area contributed by atoms with Gasteiger partial charge in [0.15, 0.2) is 12.2 Å². The maximum atomic E-state index is 13.0. The molecule has 0 radical (unpaired) electrons. The van der Waals surface area contributed by atoms with Gasteiger partial charge in [-0.05, 0) is 57.3 Å². The highest BCUT2D eigenvalue weighted by Crippen LogP contribution is 2.45. The quantitative estimate of drug-likeness (QED) is 0.0169. The number of carbonyl (C=O) groups is 4. The van der Waals surface area contributed by atoms with Crippen molar-refractivity contribution in [3.8, 4) is 0 Å². The minimum atomic E-state index is -4.96. The summed E-state index contributed by atoms with van der Waals surface area (Å²) < 4.78 is 68.3. The van der Waals surface area contributed by atoms with Crippen molar-refractivity contribution in [1.29, 1.82) is 0 Å². The molecule has 0 aromatic carbocycles. The van der Waals surface area contributed by atoms with Crippen LogP contribution in [0.1, 0.15) is 356 Å². The van der Waals surface area contributed by atoms with Gasteiger partial charge in [0.25, 0.3) is 0 Å². The molecular weight excluding hydrogens is 1210 g/mol. The van der Waals surface area contributed by atoms with Crippen LogP contribution in [0.2, 0.25) is 0 Å². The number of carbonyl (C=O) groups excluding carboxylic acids is 4. The summed E-state index contributed by atoms with van der Waals surface area (Å²) in [5.41, 5.74) is 0. The number of phosphoric acid groups is 2. The largest absolute Gasteiger partial charge is 0.472 e. The van der Waals surface area contributed by atoms with Crippen molar-refractivity contribution >= 4 is 39.5 Å². The number of phosphoric ester groups is 2. The lowest BCUT2D eigenvalue weighted by molar-refractivity contribution is -0.161. The molecule has 0 bridgehead atoms. The van der Waals surface area contributed by atoms with E-state index in [0.29, 0.717) is 31.6 Å². The molecule has 0 aromatic heterocycles. The van der Waals surface area contributed by atoms with E-state index in [0.717, 1.165) is 116 Å². The van der Waals surface area contributed by atoms with Crippen LogP contribution in [0.25, 0.3) is 0 Å². The first kappa shape index (κ1) is 89.5. The summed E-state index contributed by atoms with van der Waals surface area (Å²) in [5, 5.41) is 10.6. The maximum Gasteiger partial charge on any atom is 0.472 e. The molecule has 0 heterocycles. The molecule has 5 atom stereocenters. The Hall–Kier alpha value is -2.46. The van der Waals surface area contributed by atoms with Gasteiger partial charge in [-0.2, -0.15) is 0 Å². The highest BCUT2D eigenvalue weighted by Gasteiger charge is 2.30. The van der Waals surface area contributed by atoms with Crippen LogP contribution in [0.15, 0.2) is 24.3 Å². The maximum absolute atomic E-state index is 13.0. The molecule has 17 nitrogen and oxygen atoms in total. The first-order valence-electron chi connectivity index (χ1n) is 37.5. The summed E-state index contributed by atoms with van der Waals surface area (Å²) in [5.74, 6) is -1.47. The molecular formula is C73H138O17P2. The molecule has 0 aromatic rings. The van der Waals surface area contributed by atoms with E-state index >= 15 is 0 Å². The fourth-order valence-corrected chi connectivity index (χ4v) is 12.2. The smallest absolute Gasteiger partial charge is 0.462 e. The van der Waals surface area contributed by atoms with Gasteiger partial charge in [0.1, 0.15) is 19.3 Å². The van der Waals surface area contributed by atoms with Gasteiger partial charge >= 0.3 is 39.5 Å². The lowest BCUT2D eigenvalue weighted by atomic mass is 10.0. The van der Waals surface area contributed by atoms with Crippen molar-refractivity contribution < 1.29 is 80.2 Å². The Kier molecular flexibility index (Phi) is 64.0. The average molecular weight is 1350 g/mol. The number of esters is 4. The number of aliphatic hydroxyl groups excluding tert-OH is 1. The molecule has 0 spiro atoms. The fraction of sp³-hybridized carbons (Fsp3) is 0.890. The molecule has 2 unspecified atom stereocenters. The second kappa shape index (κ2) is 65.8. The fourth-order valence-electron chi connectivity index (χ4n) is 10.6. The molecule has 0 aliphatic carbocycles. The van der Waals surface area contributed by atoms with Gasteiger partial charge in [-0.15, -0.1) is 0 Å². The highest BCUT2D eigenvalue weighted by molar-refractivity contribution is 7.47. The van der Waals surface area contributed by atoms with E-state index in [1.807, 2.05) is 0 Å². The van der Waals surface area contributed by atoms with Crippen LogP contribution < -0.4 is 0 Å². The molecule has 542 valence electrons. The minimum Gasteiger partial charge on any atom is -0.462 e. The summed E-state index contributed by atoms with van der Waals surface area (Å²) in [6, 6.07) is 0. The van der Waals surface area contributed by atoms with Gasteiger partial charge in [0, 0.05) is 25.7 Å². The molecule has 0 amide bonds. The van der Waals surface area contributed by atoms with Crippen LogP contribution in [0.4, 0.5) is 0 Å². The standard InChI is InChI=1S/C73H138O17P2/c1-6-9-12-15-18-21-24-27-29-31-33-36-39-42-49-54-59-73(78)89-68(62-83-70(75)56-51-46-40-37-35-32-30-28-25-22-19-16-13-10-7-2)64-87-91(79,80)85-60-67(74)61-86-92(81,82)88-65-69(63-84-71(76)57-52-47-44-43-45-50-55-66(4)5)90-72(77)58-53-48-41-38-34-26-23-20-17-14-11-8-3/h22,25,28,30,66-69,74H,6-21,23-24,26-27,29,31-65H2,1-5H3,(H,79,80)(H,81,82)/b25-22-,30-28-/t67-,68-,69-/m1/s1. The van der Waals surface area contributed by atoms with Gasteiger partial charge < -0.3 is 33.8 Å². The van der Waals surface area contributed by atoms with E-state index in [4.69, 9.17) is 37.0 Å². The minimum absolute atomic E-state index is 0.101. The zero-order valence-corrected chi connectivity index (χ0v) is 61.0. The monoisotopic (exact) mass is 1350 g/mol. The average Bonchev–Trinajstić information content (AvgIpc) is 3.57. The van der Waals surface area contributed by atoms with Crippen LogP contribution in [0.5, 0.6) is 0 Å². The molecule has 0 aliphatic rings. The Morgan fingerprint density at radius 3 is 0.891 bits per heavy atom. The summed E-state index contributed by atoms with van der Waals surface area (Å²) in [4.78, 5) is 72.6. The van der Waals surface area contributed by atoms with Gasteiger partial charge in [0.05, 0.1) is 26.4 Å². The second-order valence-electron chi connectivity index (χ2n) is 26.1. The first-order chi connectivity index (χ1) is 44.5. The molecule has 0 aliphatic heterocycles. The predicted octanol–water partition coefficient (Wildman–Crippen LogP) is 20.9. The van der Waals surface area contributed by atoms with Crippen LogP contribution in [0, 0.1) is 5.92 Å². The second-order valence-corrected chi connectivity index (χ2v) is 29.0. The number of allylic oxidation sites excluding steroid dienone is 4. The van der Waals surface area contributed by atoms with Gasteiger partial charge in [0.2, 0.25) is 0 Å². The van der Waals surface area contributed by atoms with Crippen molar-refractivity contribution in [3.63, 3.8) is 0 Å². The predicted molar refractivity (Wildman–Crippen MR) is 372 cm³/mol. The Bertz CT molecular complexity index is 1860. The Morgan fingerprint density at radius 2 is 0.587 bits per heavy atom. The summed E-state index contributed by atoms with van der Waals surface area (Å²) in [6.07, 6.45) is 56.4. The van der Waals surface area contributed by atoms with Gasteiger partial charge in [-0.25, -0.2) is 9.13 Å². The molecule has 0 saturated carbocycles. The summed E-state index contributed by atoms with van der Waals surface area (Å²) in [6.45, 7) is 7.12. The highest BCUT2D eigenvalue weighted by atomic mass is 31.2. The lowest BCUT2D eigenvalue weighted by Gasteiger charge is -2.21. The van der Waals surface area contributed by atoms with Crippen LogP contribution in [-0.4, -0.2) is 96.7 Å². The zero-order chi connectivity index (χ0) is 67.7. The van der Waals surface area contributed by atoms with E-state index in [-0.39, 0.29) is 25.7 Å². The van der Waals surface area contributed by atoms with E-state index in [1.54, 1.807) is 0 Å². The van der Waals surface area contributed by atoms with Crippen molar-refractivity contribution in [2.24, 2.45) is 5.92 Å². The number of unbranched alkanes of at least 4 members (excludes halogenated alkanes) is 40. The van der Waals surface area contributed by atoms with Crippen molar-refractivity contribution in [2.75, 3.05) is 39.6 Å². The van der Waals surface area contributed by atoms with E-state index in [2.05, 4.69) is 58.9 Å². The third kappa shape index (κ3) is 66.2. The molecule has 0 rings (SSSR count). The summed E-state index contributed by atoms with van der Waals surface area (Å²) >= 11 is 0. The van der Waals surface area contributed by atoms with Gasteiger partial charge in [-0.1, -0.05) is 303 Å². The lowest BCUT2D eigenvalue weighted by Crippen LogP contribution is -2.30. The third-order valence-corrected chi connectivity index (χ3v) is 18.3. The van der Waals surface area contributed by atoms with Crippen LogP contribution in [-0.2, 0) is 65.4 Å². The molecule has 0 fully saturated rings. The number of aliphatic hydroxyl groups is 1. The Labute approximate surface area is 561 Å². The zero-order valence-electron chi connectivity index (χ0n) is 59.2. The molecule has 3 N–H and O–H groups in total. The van der Waals surface area contributed by atoms with E-state index in [9.17, 15) is 43.2 Å².